The van der Waals surface area contributed by atoms with Crippen LogP contribution in [0.25, 0.3) is 16.8 Å². The molecule has 0 spiro atoms. The Morgan fingerprint density at radius 3 is 2.96 bits per heavy atom. The van der Waals surface area contributed by atoms with E-state index in [-0.39, 0.29) is 17.0 Å². The van der Waals surface area contributed by atoms with Crippen molar-refractivity contribution in [2.24, 2.45) is 0 Å². The van der Waals surface area contributed by atoms with E-state index in [4.69, 9.17) is 11.6 Å². The molecule has 0 fully saturated rings. The zero-order valence-corrected chi connectivity index (χ0v) is 16.2. The highest BCUT2D eigenvalue weighted by Gasteiger charge is 2.50. The van der Waals surface area contributed by atoms with E-state index >= 15 is 0 Å². The third-order valence-electron chi connectivity index (χ3n) is 4.62. The summed E-state index contributed by atoms with van der Waals surface area (Å²) in [5.74, 6) is 0. The van der Waals surface area contributed by atoms with Gasteiger partial charge >= 0.3 is 6.09 Å². The van der Waals surface area contributed by atoms with E-state index in [1.54, 1.807) is 24.4 Å². The van der Waals surface area contributed by atoms with Crippen LogP contribution in [0.15, 0.2) is 53.6 Å². The predicted molar refractivity (Wildman–Crippen MR) is 103 cm³/mol. The van der Waals surface area contributed by atoms with Gasteiger partial charge in [-0.3, -0.25) is 10.3 Å². The molecular weight excluding hydrogens is 404 g/mol. The van der Waals surface area contributed by atoms with E-state index in [2.05, 4.69) is 25.0 Å². The molecule has 0 radical (unpaired) electrons. The molecule has 1 amide bonds. The van der Waals surface area contributed by atoms with Gasteiger partial charge in [0.2, 0.25) is 9.84 Å². The number of pyridine rings is 1. The van der Waals surface area contributed by atoms with Gasteiger partial charge in [-0.05, 0) is 18.2 Å². The minimum absolute atomic E-state index is 0.0216. The number of H-pyrrole nitrogens is 1. The second-order valence-electron chi connectivity index (χ2n) is 6.20. The maximum Gasteiger partial charge on any atom is 0.411 e. The highest BCUT2D eigenvalue weighted by molar-refractivity contribution is 7.94. The van der Waals surface area contributed by atoms with Crippen LogP contribution in [-0.2, 0) is 21.0 Å². The summed E-state index contributed by atoms with van der Waals surface area (Å²) in [6, 6.07) is 6.49. The van der Waals surface area contributed by atoms with Crippen molar-refractivity contribution in [2.45, 2.75) is 15.5 Å². The lowest BCUT2D eigenvalue weighted by Gasteiger charge is -2.32. The summed E-state index contributed by atoms with van der Waals surface area (Å²) in [5.41, 5.74) is 1.03. The number of alkyl halides is 1. The first-order chi connectivity index (χ1) is 13.4. The van der Waals surface area contributed by atoms with E-state index in [0.29, 0.717) is 22.2 Å². The van der Waals surface area contributed by atoms with Crippen LogP contribution >= 0.6 is 11.6 Å². The van der Waals surface area contributed by atoms with Crippen LogP contribution in [0.2, 0.25) is 0 Å². The van der Waals surface area contributed by atoms with Crippen LogP contribution in [0.1, 0.15) is 11.4 Å². The number of methoxy groups -OCH3 is 1. The van der Waals surface area contributed by atoms with Crippen molar-refractivity contribution < 1.29 is 17.9 Å². The molecule has 10 heteroatoms. The first-order valence-electron chi connectivity index (χ1n) is 8.22. The summed E-state index contributed by atoms with van der Waals surface area (Å²) in [7, 11) is -2.98. The van der Waals surface area contributed by atoms with Crippen molar-refractivity contribution in [3.05, 3.63) is 60.1 Å². The van der Waals surface area contributed by atoms with Gasteiger partial charge in [-0.25, -0.2) is 18.2 Å². The zero-order valence-electron chi connectivity index (χ0n) is 14.6. The summed E-state index contributed by atoms with van der Waals surface area (Å²) < 4.78 is 30.1. The summed E-state index contributed by atoms with van der Waals surface area (Å²) in [6.45, 7) is 0. The molecule has 2 aromatic heterocycles. The lowest BCUT2D eigenvalue weighted by atomic mass is 10.0. The summed E-state index contributed by atoms with van der Waals surface area (Å²) in [6.07, 6.45) is 5.03. The van der Waals surface area contributed by atoms with Crippen molar-refractivity contribution in [3.63, 3.8) is 0 Å². The van der Waals surface area contributed by atoms with Crippen LogP contribution < -0.4 is 5.32 Å². The minimum atomic E-state index is -4.16. The Labute approximate surface area is 165 Å². The Hall–Kier alpha value is -2.91. The van der Waals surface area contributed by atoms with Crippen LogP contribution in [0.5, 0.6) is 0 Å². The topological polar surface area (TPSA) is 114 Å². The lowest BCUT2D eigenvalue weighted by Crippen LogP contribution is -2.45. The monoisotopic (exact) mass is 418 g/mol. The number of nitrogens with one attached hydrogen (secondary N) is 2. The molecule has 2 N–H and O–H groups in total. The number of sulfone groups is 1. The van der Waals surface area contributed by atoms with E-state index < -0.39 is 20.1 Å². The van der Waals surface area contributed by atoms with Crippen molar-refractivity contribution in [2.75, 3.05) is 7.11 Å². The Kier molecular flexibility index (Phi) is 4.35. The molecule has 2 heterocycles. The molecule has 1 atom stereocenters. The maximum absolute atomic E-state index is 13.7. The minimum Gasteiger partial charge on any atom is -0.453 e. The number of nitrogens with zero attached hydrogens (tertiary/aromatic N) is 2. The number of imidazole rings is 1. The van der Waals surface area contributed by atoms with Crippen molar-refractivity contribution >= 4 is 44.4 Å². The maximum atomic E-state index is 13.7. The molecule has 28 heavy (non-hydrogen) atoms. The fraction of sp³-hybridized carbons (Fsp3) is 0.167. The SMILES string of the molecule is COC(=O)NC1=Cc2nc[nH]c2CC1(Cl)S(=O)(=O)c1cccc2cnccc12. The number of ether oxygens (including phenoxy) is 1. The molecule has 0 saturated carbocycles. The highest BCUT2D eigenvalue weighted by atomic mass is 35.5. The standard InChI is InChI=1S/C18H15ClN4O4S/c1-27-17(24)23-16-7-13-14(22-10-21-13)8-18(16,19)28(25,26)15-4-2-3-11-9-20-6-5-12(11)15/h2-7,9-10H,8H2,1H3,(H,21,22)(H,23,24). The highest BCUT2D eigenvalue weighted by Crippen LogP contribution is 2.43. The molecule has 0 bridgehead atoms. The van der Waals surface area contributed by atoms with Gasteiger partial charge in [-0.2, -0.15) is 0 Å². The lowest BCUT2D eigenvalue weighted by molar-refractivity contribution is 0.173. The number of benzene rings is 1. The fourth-order valence-electron chi connectivity index (χ4n) is 3.20. The molecular formula is C18H15ClN4O4S. The van der Waals surface area contributed by atoms with Crippen LogP contribution in [0.4, 0.5) is 4.79 Å². The van der Waals surface area contributed by atoms with Gasteiger partial charge in [0.1, 0.15) is 0 Å². The van der Waals surface area contributed by atoms with Gasteiger partial charge in [0.15, 0.2) is 4.21 Å². The van der Waals surface area contributed by atoms with Gasteiger partial charge in [-0.1, -0.05) is 23.7 Å². The van der Waals surface area contributed by atoms with Crippen LogP contribution in [0.3, 0.4) is 0 Å². The van der Waals surface area contributed by atoms with E-state index in [9.17, 15) is 13.2 Å². The summed E-state index contributed by atoms with van der Waals surface area (Å²) in [5, 5.41) is 3.59. The number of carbonyl (C=O) groups is 1. The molecule has 0 aliphatic heterocycles. The second-order valence-corrected chi connectivity index (χ2v) is 9.22. The van der Waals surface area contributed by atoms with Gasteiger partial charge < -0.3 is 9.72 Å². The molecule has 144 valence electrons. The Morgan fingerprint density at radius 1 is 1.36 bits per heavy atom. The largest absolute Gasteiger partial charge is 0.453 e. The van der Waals surface area contributed by atoms with E-state index in [0.717, 1.165) is 0 Å². The van der Waals surface area contributed by atoms with Crippen molar-refractivity contribution in [1.29, 1.82) is 0 Å². The number of carbonyl (C=O) groups excluding carboxylic acids is 1. The average Bonchev–Trinajstić information content (AvgIpc) is 3.14. The van der Waals surface area contributed by atoms with Gasteiger partial charge in [0, 0.05) is 35.3 Å². The normalized spacial score (nSPS) is 19.0. The van der Waals surface area contributed by atoms with Gasteiger partial charge in [0.05, 0.1) is 29.7 Å². The predicted octanol–water partition coefficient (Wildman–Crippen LogP) is 2.62. The number of hydrogen-bond donors (Lipinski definition) is 2. The molecule has 1 aliphatic rings. The second kappa shape index (κ2) is 6.61. The van der Waals surface area contributed by atoms with Gasteiger partial charge in [-0.15, -0.1) is 0 Å². The molecule has 8 nitrogen and oxygen atoms in total. The summed E-state index contributed by atoms with van der Waals surface area (Å²) >= 11 is 6.76. The molecule has 1 unspecified atom stereocenters. The zero-order chi connectivity index (χ0) is 19.9. The van der Waals surface area contributed by atoms with Crippen molar-refractivity contribution in [3.8, 4) is 0 Å². The van der Waals surface area contributed by atoms with Crippen LogP contribution in [-0.4, -0.2) is 40.8 Å². The molecule has 1 aromatic carbocycles. The number of aromatic nitrogens is 3. The first kappa shape index (κ1) is 18.5. The molecule has 1 aliphatic carbocycles. The van der Waals surface area contributed by atoms with E-state index in [1.165, 1.54) is 31.8 Å². The van der Waals surface area contributed by atoms with Crippen LogP contribution in [0, 0.1) is 0 Å². The average molecular weight is 419 g/mol. The number of alkyl carbamates (subject to hydrolysis) is 1. The third kappa shape index (κ3) is 2.74. The first-order valence-corrected chi connectivity index (χ1v) is 10.1. The van der Waals surface area contributed by atoms with Crippen molar-refractivity contribution in [1.82, 2.24) is 20.3 Å². The number of halogens is 1. The third-order valence-corrected chi connectivity index (χ3v) is 7.72. The molecule has 3 aromatic rings. The molecule has 4 rings (SSSR count). The summed E-state index contributed by atoms with van der Waals surface area (Å²) in [4.78, 5) is 22.9. The number of hydrogen-bond acceptors (Lipinski definition) is 6. The number of rotatable bonds is 3. The number of aromatic amines is 1. The molecule has 0 saturated heterocycles. The number of fused-ring (bicyclic) bond motifs is 2. The Bertz CT molecular complexity index is 1220. The number of amides is 1. The Balaban J connectivity index is 1.92. The van der Waals surface area contributed by atoms with Gasteiger partial charge in [0.25, 0.3) is 0 Å². The quantitative estimate of drug-likeness (QED) is 0.632. The van der Waals surface area contributed by atoms with E-state index in [1.807, 2.05) is 0 Å². The smallest absolute Gasteiger partial charge is 0.411 e. The Morgan fingerprint density at radius 2 is 2.18 bits per heavy atom. The fourth-order valence-corrected chi connectivity index (χ4v) is 5.50.